The van der Waals surface area contributed by atoms with Crippen molar-refractivity contribution in [1.29, 1.82) is 0 Å². The van der Waals surface area contributed by atoms with Gasteiger partial charge in [-0.2, -0.15) is 0 Å². The Balaban J connectivity index is 3.15. The molecule has 0 saturated heterocycles. The molecule has 28 heavy (non-hydrogen) atoms. The summed E-state index contributed by atoms with van der Waals surface area (Å²) in [6, 6.07) is -0.631. The minimum atomic E-state index is -2.61. The molecule has 1 aromatic rings. The number of carbonyl (C=O) groups is 1. The van der Waals surface area contributed by atoms with E-state index >= 15 is 0 Å². The summed E-state index contributed by atoms with van der Waals surface area (Å²) in [5.41, 5.74) is 7.17. The van der Waals surface area contributed by atoms with Crippen LogP contribution in [0.4, 0.5) is 0 Å². The van der Waals surface area contributed by atoms with E-state index in [4.69, 9.17) is 10.3 Å². The van der Waals surface area contributed by atoms with Gasteiger partial charge in [-0.25, -0.2) is 0 Å². The quantitative estimate of drug-likeness (QED) is 0.351. The summed E-state index contributed by atoms with van der Waals surface area (Å²) in [5, 5.41) is 0. The molecule has 1 atom stereocenters. The second-order valence-electron chi connectivity index (χ2n) is 8.46. The zero-order chi connectivity index (χ0) is 20.9. The Morgan fingerprint density at radius 2 is 1.46 bits per heavy atom. The predicted octanol–water partition coefficient (Wildman–Crippen LogP) is 5.49. The van der Waals surface area contributed by atoms with Crippen molar-refractivity contribution in [3.05, 3.63) is 18.2 Å². The molecule has 0 aromatic carbocycles. The van der Waals surface area contributed by atoms with Crippen LogP contribution in [0, 0.1) is 0 Å². The summed E-state index contributed by atoms with van der Waals surface area (Å²) in [6.45, 7) is 6.32. The normalized spacial score (nSPS) is 14.4. The van der Waals surface area contributed by atoms with Gasteiger partial charge in [-0.1, -0.05) is 0 Å². The molecule has 0 aliphatic heterocycles. The number of nitrogens with two attached hydrogens (primary N) is 1. The fraction of sp³-hybridized carbons (Fsp3) is 0.818. The van der Waals surface area contributed by atoms with E-state index in [1.807, 2.05) is 0 Å². The van der Waals surface area contributed by atoms with Crippen molar-refractivity contribution in [3.63, 3.8) is 0 Å². The Kier molecular flexibility index (Phi) is 11.3. The Morgan fingerprint density at radius 1 is 1.00 bits per heavy atom. The Labute approximate surface area is 172 Å². The summed E-state index contributed by atoms with van der Waals surface area (Å²) in [7, 11) is 0. The van der Waals surface area contributed by atoms with E-state index in [2.05, 4.69) is 37.7 Å². The molecule has 0 unspecified atom stereocenters. The molecular weight excluding hydrogens is 369 g/mol. The summed E-state index contributed by atoms with van der Waals surface area (Å²) in [6.07, 6.45) is 17.2. The van der Waals surface area contributed by atoms with Crippen LogP contribution < -0.4 is 5.73 Å². The second-order valence-corrected chi connectivity index (χ2v) is 14.2. The SMILES string of the molecule is CCCCP(CCCC)(CCCC)(CCCC)OC(=O)[C@H](N)Cc1cnc[nH]1. The van der Waals surface area contributed by atoms with Gasteiger partial charge >= 0.3 is 172 Å². The minimum absolute atomic E-state index is 0.202. The van der Waals surface area contributed by atoms with Gasteiger partial charge in [0.1, 0.15) is 0 Å². The van der Waals surface area contributed by atoms with Crippen LogP contribution in [0.15, 0.2) is 12.5 Å². The summed E-state index contributed by atoms with van der Waals surface area (Å²) in [4.78, 5) is 20.3. The van der Waals surface area contributed by atoms with Gasteiger partial charge in [0.15, 0.2) is 0 Å². The Morgan fingerprint density at radius 3 is 1.82 bits per heavy atom. The van der Waals surface area contributed by atoms with Gasteiger partial charge in [0.05, 0.1) is 0 Å². The third-order valence-corrected chi connectivity index (χ3v) is 12.4. The molecule has 0 fully saturated rings. The second kappa shape index (κ2) is 12.6. The molecule has 6 heteroatoms. The fourth-order valence-electron chi connectivity index (χ4n) is 4.12. The monoisotopic (exact) mass is 413 g/mol. The van der Waals surface area contributed by atoms with Gasteiger partial charge in [0.2, 0.25) is 0 Å². The number of nitrogens with one attached hydrogen (secondary N) is 1. The Bertz CT molecular complexity index is 504. The fourth-order valence-corrected chi connectivity index (χ4v) is 10.9. The van der Waals surface area contributed by atoms with Crippen molar-refractivity contribution < 1.29 is 9.32 Å². The summed E-state index contributed by atoms with van der Waals surface area (Å²) in [5.74, 6) is -0.202. The zero-order valence-electron chi connectivity index (χ0n) is 18.7. The van der Waals surface area contributed by atoms with Crippen molar-refractivity contribution in [3.8, 4) is 0 Å². The molecule has 0 aliphatic rings. The van der Waals surface area contributed by atoms with Crippen molar-refractivity contribution in [1.82, 2.24) is 9.97 Å². The van der Waals surface area contributed by atoms with Gasteiger partial charge in [-0.15, -0.1) is 0 Å². The van der Waals surface area contributed by atoms with Crippen molar-refractivity contribution >= 4 is 12.8 Å². The van der Waals surface area contributed by atoms with E-state index in [0.717, 1.165) is 81.7 Å². The van der Waals surface area contributed by atoms with Crippen molar-refractivity contribution in [2.75, 3.05) is 24.6 Å². The molecule has 1 heterocycles. The first-order valence-corrected chi connectivity index (χ1v) is 14.3. The third kappa shape index (κ3) is 7.48. The van der Waals surface area contributed by atoms with Crippen LogP contribution in [0.3, 0.4) is 0 Å². The van der Waals surface area contributed by atoms with E-state index in [-0.39, 0.29) is 5.97 Å². The third-order valence-electron chi connectivity index (χ3n) is 5.95. The molecule has 5 nitrogen and oxygen atoms in total. The molecule has 164 valence electrons. The molecule has 1 aromatic heterocycles. The van der Waals surface area contributed by atoms with Crippen molar-refractivity contribution in [2.24, 2.45) is 5.73 Å². The number of imidazole rings is 1. The molecule has 0 spiro atoms. The standard InChI is InChI=1S/C22H44N3O2P/c1-5-9-13-28(14-10-6-2,15-11-7-3,16-12-8-4)27-22(26)21(23)17-20-18-24-19-25-20/h18-19,21H,5-17,23H2,1-4H3,(H,24,25)/t21-/m1/s1. The van der Waals surface area contributed by atoms with Gasteiger partial charge in [-0.3, -0.25) is 0 Å². The molecular formula is C22H44N3O2P. The van der Waals surface area contributed by atoms with Crippen molar-refractivity contribution in [2.45, 2.75) is 91.5 Å². The first-order valence-electron chi connectivity index (χ1n) is 11.4. The van der Waals surface area contributed by atoms with E-state index < -0.39 is 12.9 Å². The van der Waals surface area contributed by atoms with Gasteiger partial charge in [0.25, 0.3) is 0 Å². The molecule has 3 N–H and O–H groups in total. The van der Waals surface area contributed by atoms with E-state index in [0.29, 0.717) is 6.42 Å². The average molecular weight is 414 g/mol. The summed E-state index contributed by atoms with van der Waals surface area (Å²) < 4.78 is 6.68. The predicted molar refractivity (Wildman–Crippen MR) is 122 cm³/mol. The number of H-pyrrole nitrogens is 1. The molecule has 0 bridgehead atoms. The molecule has 0 amide bonds. The molecule has 0 aliphatic carbocycles. The van der Waals surface area contributed by atoms with Gasteiger partial charge < -0.3 is 0 Å². The van der Waals surface area contributed by atoms with Gasteiger partial charge in [-0.05, 0) is 0 Å². The van der Waals surface area contributed by atoms with Crippen LogP contribution in [0.1, 0.15) is 84.8 Å². The number of nitrogens with zero attached hydrogens (tertiary/aromatic N) is 1. The van der Waals surface area contributed by atoms with Crippen LogP contribution in [-0.4, -0.2) is 46.6 Å². The first kappa shape index (κ1) is 25.1. The number of carbonyl (C=O) groups excluding carboxylic acids is 1. The molecule has 0 saturated carbocycles. The van der Waals surface area contributed by atoms with E-state index in [1.165, 1.54) is 0 Å². The maximum atomic E-state index is 13.2. The maximum absolute atomic E-state index is 13.2. The zero-order valence-corrected chi connectivity index (χ0v) is 19.6. The van der Waals surface area contributed by atoms with E-state index in [9.17, 15) is 4.79 Å². The molecule has 0 radical (unpaired) electrons. The van der Waals surface area contributed by atoms with Crippen LogP contribution in [0.5, 0.6) is 0 Å². The summed E-state index contributed by atoms with van der Waals surface area (Å²) >= 11 is 0. The van der Waals surface area contributed by atoms with Crippen LogP contribution in [-0.2, 0) is 15.7 Å². The number of hydrogen-bond acceptors (Lipinski definition) is 4. The van der Waals surface area contributed by atoms with E-state index in [1.54, 1.807) is 12.5 Å². The number of aromatic nitrogens is 2. The number of aromatic amines is 1. The van der Waals surface area contributed by atoms with Crippen LogP contribution >= 0.6 is 6.83 Å². The van der Waals surface area contributed by atoms with Gasteiger partial charge in [0, 0.05) is 0 Å². The number of unbranched alkanes of at least 4 members (excludes halogenated alkanes) is 4. The topological polar surface area (TPSA) is 81.0 Å². The average Bonchev–Trinajstić information content (AvgIpc) is 3.21. The first-order chi connectivity index (χ1) is 13.4. The number of hydrogen-bond donors (Lipinski definition) is 2. The van der Waals surface area contributed by atoms with Crippen LogP contribution in [0.25, 0.3) is 0 Å². The number of rotatable bonds is 16. The molecule has 1 rings (SSSR count). The van der Waals surface area contributed by atoms with Crippen LogP contribution in [0.2, 0.25) is 0 Å². The Hall–Kier alpha value is -0.930.